The van der Waals surface area contributed by atoms with E-state index >= 15 is 0 Å². The van der Waals surface area contributed by atoms with E-state index in [1.807, 2.05) is 31.2 Å². The summed E-state index contributed by atoms with van der Waals surface area (Å²) in [5, 5.41) is 0. The number of carbonyl (C=O) groups excluding carboxylic acids is 2. The predicted molar refractivity (Wildman–Crippen MR) is 120 cm³/mol. The molecule has 2 aromatic rings. The molecule has 3 heterocycles. The number of fused-ring (bicyclic) bond motifs is 3. The van der Waals surface area contributed by atoms with Gasteiger partial charge in [0.2, 0.25) is 5.96 Å². The molecule has 5 rings (SSSR count). The normalized spacial score (nSPS) is 22.8. The molecule has 2 aromatic carbocycles. The lowest BCUT2D eigenvalue weighted by Crippen LogP contribution is -2.64. The Kier molecular flexibility index (Phi) is 4.50. The van der Waals surface area contributed by atoms with Gasteiger partial charge in [0, 0.05) is 25.8 Å². The number of amides is 3. The number of guanidine groups is 1. The Bertz CT molecular complexity index is 1090. The van der Waals surface area contributed by atoms with Crippen LogP contribution in [0.4, 0.5) is 10.5 Å². The van der Waals surface area contributed by atoms with E-state index in [1.165, 1.54) is 16.0 Å². The molecule has 3 aliphatic rings. The van der Waals surface area contributed by atoms with Gasteiger partial charge in [0.05, 0.1) is 6.54 Å². The zero-order chi connectivity index (χ0) is 21.9. The van der Waals surface area contributed by atoms with Crippen LogP contribution in [0.15, 0.2) is 47.5 Å². The van der Waals surface area contributed by atoms with Gasteiger partial charge in [-0.15, -0.1) is 0 Å². The maximum absolute atomic E-state index is 13.5. The lowest BCUT2D eigenvalue weighted by Gasteiger charge is -2.40. The summed E-state index contributed by atoms with van der Waals surface area (Å²) in [6, 6.07) is 13.5. The average molecular weight is 418 g/mol. The molecule has 0 saturated carbocycles. The standard InChI is InChI=1S/C24H27N5O2/c1-15-6-9-18(10-7-15)14-29-22(30)20-21(26(4)24(29)31)25-23-27(11-12-28(20)23)19-13-16(2)5-8-17(19)3/h5-10,13,20-21H,11-12,14H2,1-4H3. The van der Waals surface area contributed by atoms with Crippen LogP contribution < -0.4 is 4.90 Å². The number of nitrogens with zero attached hydrogens (tertiary/aromatic N) is 5. The Hall–Kier alpha value is -3.35. The lowest BCUT2D eigenvalue weighted by molar-refractivity contribution is -0.137. The van der Waals surface area contributed by atoms with Crippen molar-refractivity contribution in [3.05, 3.63) is 64.7 Å². The second kappa shape index (κ2) is 7.11. The first kappa shape index (κ1) is 19.6. The molecule has 2 unspecified atom stereocenters. The summed E-state index contributed by atoms with van der Waals surface area (Å²) in [4.78, 5) is 38.6. The fraction of sp³-hybridized carbons (Fsp3) is 0.375. The number of aryl methyl sites for hydroxylation is 3. The van der Waals surface area contributed by atoms with Crippen LogP contribution in [0.25, 0.3) is 0 Å². The van der Waals surface area contributed by atoms with E-state index < -0.39 is 12.2 Å². The highest BCUT2D eigenvalue weighted by molar-refractivity contribution is 6.08. The number of rotatable bonds is 3. The third kappa shape index (κ3) is 3.07. The molecule has 0 aromatic heterocycles. The smallest absolute Gasteiger partial charge is 0.325 e. The molecule has 3 amide bonds. The average Bonchev–Trinajstić information content (AvgIpc) is 3.32. The first-order chi connectivity index (χ1) is 14.8. The van der Waals surface area contributed by atoms with Crippen LogP contribution in [0.2, 0.25) is 0 Å². The van der Waals surface area contributed by atoms with Gasteiger partial charge < -0.3 is 14.7 Å². The molecular formula is C24H27N5O2. The summed E-state index contributed by atoms with van der Waals surface area (Å²) in [6.45, 7) is 7.94. The van der Waals surface area contributed by atoms with Gasteiger partial charge in [-0.25, -0.2) is 9.79 Å². The van der Waals surface area contributed by atoms with Crippen LogP contribution in [-0.4, -0.2) is 64.9 Å². The second-order valence-corrected chi connectivity index (χ2v) is 8.73. The Labute approximate surface area is 182 Å². The number of anilines is 1. The zero-order valence-electron chi connectivity index (χ0n) is 18.4. The van der Waals surface area contributed by atoms with E-state index in [1.54, 1.807) is 11.9 Å². The summed E-state index contributed by atoms with van der Waals surface area (Å²) in [5.74, 6) is 0.615. The minimum Gasteiger partial charge on any atom is -0.325 e. The summed E-state index contributed by atoms with van der Waals surface area (Å²) in [6.07, 6.45) is -0.489. The molecule has 2 atom stereocenters. The Balaban J connectivity index is 1.45. The Morgan fingerprint density at radius 3 is 2.42 bits per heavy atom. The highest BCUT2D eigenvalue weighted by atomic mass is 16.2. The van der Waals surface area contributed by atoms with Crippen LogP contribution >= 0.6 is 0 Å². The molecule has 7 nitrogen and oxygen atoms in total. The third-order valence-corrected chi connectivity index (χ3v) is 6.49. The van der Waals surface area contributed by atoms with Crippen LogP contribution in [0.5, 0.6) is 0 Å². The van der Waals surface area contributed by atoms with Gasteiger partial charge in [-0.3, -0.25) is 9.69 Å². The van der Waals surface area contributed by atoms with Gasteiger partial charge >= 0.3 is 6.03 Å². The monoisotopic (exact) mass is 417 g/mol. The van der Waals surface area contributed by atoms with E-state index in [9.17, 15) is 9.59 Å². The minimum atomic E-state index is -0.489. The van der Waals surface area contributed by atoms with Crippen LogP contribution in [0, 0.1) is 20.8 Å². The van der Waals surface area contributed by atoms with Crippen LogP contribution in [0.3, 0.4) is 0 Å². The predicted octanol–water partition coefficient (Wildman–Crippen LogP) is 2.89. The van der Waals surface area contributed by atoms with E-state index in [-0.39, 0.29) is 18.5 Å². The molecule has 2 fully saturated rings. The maximum atomic E-state index is 13.5. The van der Waals surface area contributed by atoms with Gasteiger partial charge in [0.1, 0.15) is 0 Å². The highest BCUT2D eigenvalue weighted by Gasteiger charge is 2.54. The van der Waals surface area contributed by atoms with Crippen molar-refractivity contribution in [2.75, 3.05) is 25.0 Å². The van der Waals surface area contributed by atoms with Crippen molar-refractivity contribution in [2.24, 2.45) is 4.99 Å². The fourth-order valence-electron chi connectivity index (χ4n) is 4.70. The van der Waals surface area contributed by atoms with Gasteiger partial charge in [0.15, 0.2) is 12.2 Å². The summed E-state index contributed by atoms with van der Waals surface area (Å²) < 4.78 is 0. The number of hydrogen-bond acceptors (Lipinski definition) is 5. The summed E-state index contributed by atoms with van der Waals surface area (Å²) in [5.41, 5.74) is 5.55. The number of likely N-dealkylation sites (N-methyl/N-ethyl adjacent to an activating group) is 1. The number of carbonyl (C=O) groups is 2. The second-order valence-electron chi connectivity index (χ2n) is 8.73. The van der Waals surface area contributed by atoms with Crippen molar-refractivity contribution in [2.45, 2.75) is 39.5 Å². The third-order valence-electron chi connectivity index (χ3n) is 6.49. The van der Waals surface area contributed by atoms with Crippen molar-refractivity contribution in [3.8, 4) is 0 Å². The first-order valence-corrected chi connectivity index (χ1v) is 10.7. The molecule has 0 radical (unpaired) electrons. The highest BCUT2D eigenvalue weighted by Crippen LogP contribution is 2.35. The number of imide groups is 1. The first-order valence-electron chi connectivity index (χ1n) is 10.7. The topological polar surface area (TPSA) is 59.5 Å². The molecule has 160 valence electrons. The van der Waals surface area contributed by atoms with Gasteiger partial charge in [-0.1, -0.05) is 42.0 Å². The molecular weight excluding hydrogens is 390 g/mol. The fourth-order valence-corrected chi connectivity index (χ4v) is 4.70. The summed E-state index contributed by atoms with van der Waals surface area (Å²) in [7, 11) is 1.74. The van der Waals surface area contributed by atoms with E-state index in [4.69, 9.17) is 4.99 Å². The molecule has 2 saturated heterocycles. The Morgan fingerprint density at radius 1 is 0.968 bits per heavy atom. The lowest BCUT2D eigenvalue weighted by atomic mass is 10.1. The SMILES string of the molecule is Cc1ccc(CN2C(=O)C3C(N=C4N(c5cc(C)ccc5C)CCN43)N(C)C2=O)cc1. The Morgan fingerprint density at radius 2 is 1.68 bits per heavy atom. The molecule has 0 bridgehead atoms. The maximum Gasteiger partial charge on any atom is 0.328 e. The minimum absolute atomic E-state index is 0.171. The van der Waals surface area contributed by atoms with Crippen molar-refractivity contribution in [3.63, 3.8) is 0 Å². The van der Waals surface area contributed by atoms with Gasteiger partial charge in [-0.05, 0) is 43.5 Å². The molecule has 0 aliphatic carbocycles. The van der Waals surface area contributed by atoms with E-state index in [0.717, 1.165) is 29.3 Å². The zero-order valence-corrected chi connectivity index (χ0v) is 18.4. The van der Waals surface area contributed by atoms with Crippen LogP contribution in [0.1, 0.15) is 22.3 Å². The number of benzene rings is 2. The number of aliphatic imine (C=N–C) groups is 1. The molecule has 0 spiro atoms. The van der Waals surface area contributed by atoms with E-state index in [2.05, 4.69) is 41.8 Å². The quantitative estimate of drug-likeness (QED) is 0.771. The van der Waals surface area contributed by atoms with Crippen molar-refractivity contribution in [1.29, 1.82) is 0 Å². The van der Waals surface area contributed by atoms with Gasteiger partial charge in [0.25, 0.3) is 5.91 Å². The summed E-state index contributed by atoms with van der Waals surface area (Å²) >= 11 is 0. The molecule has 7 heteroatoms. The van der Waals surface area contributed by atoms with Crippen molar-refractivity contribution in [1.82, 2.24) is 14.7 Å². The van der Waals surface area contributed by atoms with Crippen molar-refractivity contribution < 1.29 is 9.59 Å². The number of hydrogen-bond donors (Lipinski definition) is 0. The van der Waals surface area contributed by atoms with Crippen LogP contribution in [-0.2, 0) is 11.3 Å². The molecule has 3 aliphatic heterocycles. The molecule has 0 N–H and O–H groups in total. The number of urea groups is 1. The van der Waals surface area contributed by atoms with Gasteiger partial charge in [-0.2, -0.15) is 0 Å². The van der Waals surface area contributed by atoms with E-state index in [0.29, 0.717) is 6.54 Å². The van der Waals surface area contributed by atoms with Crippen molar-refractivity contribution >= 4 is 23.6 Å². The molecule has 31 heavy (non-hydrogen) atoms. The largest absolute Gasteiger partial charge is 0.328 e.